The maximum absolute atomic E-state index is 12.6. The molecule has 0 atom stereocenters. The monoisotopic (exact) mass is 300 g/mol. The van der Waals surface area contributed by atoms with Gasteiger partial charge >= 0.3 is 0 Å². The molecule has 0 aliphatic rings. The van der Waals surface area contributed by atoms with E-state index in [1.807, 2.05) is 0 Å². The molecule has 3 N–H and O–H groups in total. The van der Waals surface area contributed by atoms with E-state index in [-0.39, 0.29) is 39.2 Å². The minimum Gasteiger partial charge on any atom is -0.508 e. The van der Waals surface area contributed by atoms with Crippen molar-refractivity contribution in [2.45, 2.75) is 0 Å². The molecule has 0 aliphatic carbocycles. The first-order valence-electron chi connectivity index (χ1n) is 6.36. The molecule has 112 valence electrons. The van der Waals surface area contributed by atoms with Gasteiger partial charge in [0.1, 0.15) is 17.6 Å². The van der Waals surface area contributed by atoms with Crippen molar-refractivity contribution in [1.82, 2.24) is 0 Å². The largest absolute Gasteiger partial charge is 0.508 e. The Labute approximate surface area is 124 Å². The van der Waals surface area contributed by atoms with Gasteiger partial charge in [0, 0.05) is 11.6 Å². The van der Waals surface area contributed by atoms with Gasteiger partial charge in [0.2, 0.25) is 11.2 Å². The fourth-order valence-electron chi connectivity index (χ4n) is 2.28. The lowest BCUT2D eigenvalue weighted by molar-refractivity contribution is 0.352. The van der Waals surface area contributed by atoms with Gasteiger partial charge in [0.15, 0.2) is 11.5 Å². The lowest BCUT2D eigenvalue weighted by Gasteiger charge is -2.11. The summed E-state index contributed by atoms with van der Waals surface area (Å²) in [5.41, 5.74) is 0.368. The Balaban J connectivity index is 2.32. The molecule has 0 amide bonds. The number of hydrogen-bond donors (Lipinski definition) is 3. The van der Waals surface area contributed by atoms with E-state index in [1.54, 1.807) is 0 Å². The third kappa shape index (κ3) is 2.01. The van der Waals surface area contributed by atoms with Crippen molar-refractivity contribution in [1.29, 1.82) is 0 Å². The van der Waals surface area contributed by atoms with Crippen LogP contribution in [0.1, 0.15) is 0 Å². The highest BCUT2D eigenvalue weighted by Crippen LogP contribution is 2.42. The molecule has 1 aromatic heterocycles. The summed E-state index contributed by atoms with van der Waals surface area (Å²) in [5.74, 6) is -0.838. The molecular formula is C16H12O6. The van der Waals surface area contributed by atoms with E-state index in [9.17, 15) is 20.1 Å². The summed E-state index contributed by atoms with van der Waals surface area (Å²) in [6.45, 7) is 0. The van der Waals surface area contributed by atoms with Crippen molar-refractivity contribution in [3.05, 3.63) is 46.8 Å². The van der Waals surface area contributed by atoms with Crippen LogP contribution in [0.4, 0.5) is 0 Å². The summed E-state index contributed by atoms with van der Waals surface area (Å²) in [5, 5.41) is 29.1. The quantitative estimate of drug-likeness (QED) is 0.629. The summed E-state index contributed by atoms with van der Waals surface area (Å²) in [6, 6.07) is 6.88. The Hall–Kier alpha value is -3.15. The highest BCUT2D eigenvalue weighted by atomic mass is 16.5. The maximum atomic E-state index is 12.6. The van der Waals surface area contributed by atoms with Gasteiger partial charge in [-0.25, -0.2) is 0 Å². The van der Waals surface area contributed by atoms with Crippen LogP contribution in [0.25, 0.3) is 22.1 Å². The fourth-order valence-corrected chi connectivity index (χ4v) is 2.28. The van der Waals surface area contributed by atoms with E-state index in [0.717, 1.165) is 0 Å². The van der Waals surface area contributed by atoms with Gasteiger partial charge in [0.05, 0.1) is 18.1 Å². The van der Waals surface area contributed by atoms with Gasteiger partial charge in [-0.05, 0) is 24.3 Å². The first-order valence-corrected chi connectivity index (χ1v) is 6.36. The lowest BCUT2D eigenvalue weighted by Crippen LogP contribution is -2.05. The molecule has 3 aromatic rings. The van der Waals surface area contributed by atoms with Crippen LogP contribution in [-0.4, -0.2) is 22.4 Å². The third-order valence-electron chi connectivity index (χ3n) is 3.36. The summed E-state index contributed by atoms with van der Waals surface area (Å²) in [4.78, 5) is 12.6. The lowest BCUT2D eigenvalue weighted by atomic mass is 10.0. The average molecular weight is 300 g/mol. The molecule has 6 nitrogen and oxygen atoms in total. The number of methoxy groups -OCH3 is 1. The van der Waals surface area contributed by atoms with Crippen LogP contribution in [0.15, 0.2) is 45.8 Å². The number of phenols is 3. The predicted molar refractivity (Wildman–Crippen MR) is 79.5 cm³/mol. The normalized spacial score (nSPS) is 10.8. The first kappa shape index (κ1) is 13.8. The van der Waals surface area contributed by atoms with Crippen molar-refractivity contribution in [2.24, 2.45) is 0 Å². The van der Waals surface area contributed by atoms with E-state index < -0.39 is 5.75 Å². The summed E-state index contributed by atoms with van der Waals surface area (Å²) in [6.07, 6.45) is 1.22. The zero-order chi connectivity index (χ0) is 15.9. The minimum absolute atomic E-state index is 0.0109. The van der Waals surface area contributed by atoms with E-state index in [4.69, 9.17) is 9.15 Å². The second-order valence-corrected chi connectivity index (χ2v) is 4.67. The van der Waals surface area contributed by atoms with Crippen molar-refractivity contribution in [3.8, 4) is 34.1 Å². The van der Waals surface area contributed by atoms with Gasteiger partial charge in [-0.15, -0.1) is 0 Å². The van der Waals surface area contributed by atoms with Crippen LogP contribution in [0.3, 0.4) is 0 Å². The Morgan fingerprint density at radius 1 is 1.05 bits per heavy atom. The molecule has 6 heteroatoms. The summed E-state index contributed by atoms with van der Waals surface area (Å²) < 4.78 is 10.4. The van der Waals surface area contributed by atoms with Crippen LogP contribution in [0, 0.1) is 0 Å². The molecular weight excluding hydrogens is 288 g/mol. The second-order valence-electron chi connectivity index (χ2n) is 4.67. The smallest absolute Gasteiger partial charge is 0.201 e. The first-order chi connectivity index (χ1) is 10.5. The van der Waals surface area contributed by atoms with Gasteiger partial charge in [-0.3, -0.25) is 4.79 Å². The van der Waals surface area contributed by atoms with Crippen LogP contribution in [-0.2, 0) is 0 Å². The molecule has 0 bridgehead atoms. The van der Waals surface area contributed by atoms with Crippen molar-refractivity contribution < 1.29 is 24.5 Å². The van der Waals surface area contributed by atoms with E-state index in [1.165, 1.54) is 43.7 Å². The zero-order valence-electron chi connectivity index (χ0n) is 11.5. The van der Waals surface area contributed by atoms with Gasteiger partial charge in [-0.2, -0.15) is 0 Å². The minimum atomic E-state index is -0.454. The van der Waals surface area contributed by atoms with Gasteiger partial charge < -0.3 is 24.5 Å². The van der Waals surface area contributed by atoms with Crippen LogP contribution >= 0.6 is 0 Å². The molecule has 0 radical (unpaired) electrons. The van der Waals surface area contributed by atoms with Gasteiger partial charge in [0.25, 0.3) is 0 Å². The molecule has 0 spiro atoms. The molecule has 22 heavy (non-hydrogen) atoms. The topological polar surface area (TPSA) is 100 Å². The Morgan fingerprint density at radius 2 is 1.82 bits per heavy atom. The Bertz CT molecular complexity index is 926. The molecule has 3 rings (SSSR count). The SMILES string of the molecule is COc1c(-c2coc3cc(O)ccc3c2=O)ccc(O)c1O. The molecule has 0 fully saturated rings. The third-order valence-corrected chi connectivity index (χ3v) is 3.36. The highest BCUT2D eigenvalue weighted by Gasteiger charge is 2.18. The van der Waals surface area contributed by atoms with Crippen molar-refractivity contribution in [2.75, 3.05) is 7.11 Å². The number of fused-ring (bicyclic) bond motifs is 1. The molecule has 0 aliphatic heterocycles. The number of benzene rings is 2. The fraction of sp³-hybridized carbons (Fsp3) is 0.0625. The predicted octanol–water partition coefficient (Wildman–Crippen LogP) is 2.59. The number of aromatic hydroxyl groups is 3. The summed E-state index contributed by atoms with van der Waals surface area (Å²) in [7, 11) is 1.32. The molecule has 1 heterocycles. The van der Waals surface area contributed by atoms with Crippen LogP contribution in [0.2, 0.25) is 0 Å². The summed E-state index contributed by atoms with van der Waals surface area (Å²) >= 11 is 0. The van der Waals surface area contributed by atoms with Crippen molar-refractivity contribution in [3.63, 3.8) is 0 Å². The Morgan fingerprint density at radius 3 is 2.55 bits per heavy atom. The van der Waals surface area contributed by atoms with E-state index in [2.05, 4.69) is 0 Å². The molecule has 2 aromatic carbocycles. The van der Waals surface area contributed by atoms with E-state index in [0.29, 0.717) is 5.56 Å². The number of ether oxygens (including phenoxy) is 1. The van der Waals surface area contributed by atoms with Crippen molar-refractivity contribution >= 4 is 11.0 Å². The Kier molecular flexibility index (Phi) is 3.14. The molecule has 0 unspecified atom stereocenters. The maximum Gasteiger partial charge on any atom is 0.201 e. The van der Waals surface area contributed by atoms with Crippen LogP contribution < -0.4 is 10.2 Å². The average Bonchev–Trinajstić information content (AvgIpc) is 2.50. The number of phenolic OH excluding ortho intramolecular Hbond substituents is 3. The van der Waals surface area contributed by atoms with E-state index >= 15 is 0 Å². The highest BCUT2D eigenvalue weighted by molar-refractivity contribution is 5.85. The van der Waals surface area contributed by atoms with Crippen LogP contribution in [0.5, 0.6) is 23.0 Å². The number of hydrogen-bond acceptors (Lipinski definition) is 6. The number of rotatable bonds is 2. The zero-order valence-corrected chi connectivity index (χ0v) is 11.5. The second kappa shape index (κ2) is 5.00. The van der Waals surface area contributed by atoms with Gasteiger partial charge in [-0.1, -0.05) is 0 Å². The molecule has 0 saturated heterocycles. The molecule has 0 saturated carbocycles. The standard InChI is InChI=1S/C16H12O6/c1-21-16-9(4-5-12(18)15(16)20)11-7-22-13-6-8(17)2-3-10(13)14(11)19/h2-7,17-18,20H,1H3.